The van der Waals surface area contributed by atoms with Crippen LogP contribution in [0.15, 0.2) is 34.8 Å². The molecule has 0 aliphatic carbocycles. The number of benzene rings is 1. The SMILES string of the molecule is Cc1csc(NC(=O)[C@@H](C)Sc2nnc(-c3ccccc3F)n2C(C)C)n1. The van der Waals surface area contributed by atoms with Crippen molar-refractivity contribution in [1.82, 2.24) is 19.7 Å². The molecule has 142 valence electrons. The molecule has 1 N–H and O–H groups in total. The van der Waals surface area contributed by atoms with Gasteiger partial charge in [-0.1, -0.05) is 23.9 Å². The number of aryl methyl sites for hydroxylation is 1. The third-order valence-corrected chi connectivity index (χ3v) is 5.73. The Kier molecular flexibility index (Phi) is 5.91. The summed E-state index contributed by atoms with van der Waals surface area (Å²) < 4.78 is 16.1. The van der Waals surface area contributed by atoms with Gasteiger partial charge in [-0.15, -0.1) is 21.5 Å². The Morgan fingerprint density at radius 1 is 1.26 bits per heavy atom. The first kappa shape index (κ1) is 19.5. The average Bonchev–Trinajstić information content (AvgIpc) is 3.21. The number of hydrogen-bond donors (Lipinski definition) is 1. The molecule has 0 spiro atoms. The van der Waals surface area contributed by atoms with Crippen molar-refractivity contribution in [3.63, 3.8) is 0 Å². The molecule has 0 unspecified atom stereocenters. The van der Waals surface area contributed by atoms with E-state index in [1.807, 2.05) is 30.7 Å². The van der Waals surface area contributed by atoms with Crippen LogP contribution in [0.5, 0.6) is 0 Å². The van der Waals surface area contributed by atoms with Gasteiger partial charge in [0.2, 0.25) is 5.91 Å². The highest BCUT2D eigenvalue weighted by Gasteiger charge is 2.23. The summed E-state index contributed by atoms with van der Waals surface area (Å²) in [7, 11) is 0. The van der Waals surface area contributed by atoms with E-state index >= 15 is 0 Å². The molecule has 1 amide bonds. The summed E-state index contributed by atoms with van der Waals surface area (Å²) in [5.41, 5.74) is 1.26. The van der Waals surface area contributed by atoms with E-state index in [0.717, 1.165) is 5.69 Å². The number of thioether (sulfide) groups is 1. The fourth-order valence-corrected chi connectivity index (χ4v) is 4.15. The zero-order valence-corrected chi connectivity index (χ0v) is 17.1. The maximum Gasteiger partial charge on any atom is 0.239 e. The maximum atomic E-state index is 14.2. The number of carbonyl (C=O) groups excluding carboxylic acids is 1. The molecule has 0 bridgehead atoms. The van der Waals surface area contributed by atoms with Crippen molar-refractivity contribution in [3.8, 4) is 11.4 Å². The van der Waals surface area contributed by atoms with E-state index in [9.17, 15) is 9.18 Å². The number of thiazole rings is 1. The highest BCUT2D eigenvalue weighted by atomic mass is 32.2. The number of hydrogen-bond acceptors (Lipinski definition) is 6. The Hall–Kier alpha value is -2.26. The Balaban J connectivity index is 1.82. The highest BCUT2D eigenvalue weighted by molar-refractivity contribution is 8.00. The molecule has 6 nitrogen and oxygen atoms in total. The standard InChI is InChI=1S/C18H20FN5OS2/c1-10(2)24-15(13-7-5-6-8-14(13)19)22-23-18(24)27-12(4)16(25)21-17-20-11(3)9-26-17/h5-10,12H,1-4H3,(H,20,21,25)/t12-/m1/s1. The predicted molar refractivity (Wildman–Crippen MR) is 107 cm³/mol. The minimum atomic E-state index is -0.413. The molecule has 0 saturated carbocycles. The summed E-state index contributed by atoms with van der Waals surface area (Å²) in [5, 5.41) is 13.8. The zero-order chi connectivity index (χ0) is 19.6. The lowest BCUT2D eigenvalue weighted by molar-refractivity contribution is -0.115. The fraction of sp³-hybridized carbons (Fsp3) is 0.333. The molecule has 0 aliphatic heterocycles. The van der Waals surface area contributed by atoms with Crippen LogP contribution in [-0.4, -0.2) is 30.9 Å². The van der Waals surface area contributed by atoms with Gasteiger partial charge in [-0.25, -0.2) is 9.37 Å². The first-order chi connectivity index (χ1) is 12.9. The number of aromatic nitrogens is 4. The van der Waals surface area contributed by atoms with E-state index < -0.39 is 5.25 Å². The van der Waals surface area contributed by atoms with Crippen LogP contribution in [-0.2, 0) is 4.79 Å². The smallest absolute Gasteiger partial charge is 0.239 e. The number of amides is 1. The van der Waals surface area contributed by atoms with Crippen LogP contribution in [0, 0.1) is 12.7 Å². The molecule has 0 saturated heterocycles. The minimum absolute atomic E-state index is 0.00831. The van der Waals surface area contributed by atoms with Gasteiger partial charge in [-0.2, -0.15) is 0 Å². The Labute approximate surface area is 165 Å². The highest BCUT2D eigenvalue weighted by Crippen LogP contribution is 2.31. The molecule has 1 aromatic carbocycles. The van der Waals surface area contributed by atoms with Crippen LogP contribution in [0.25, 0.3) is 11.4 Å². The second kappa shape index (κ2) is 8.18. The fourth-order valence-electron chi connectivity index (χ4n) is 2.48. The monoisotopic (exact) mass is 405 g/mol. The van der Waals surface area contributed by atoms with Crippen molar-refractivity contribution in [2.75, 3.05) is 5.32 Å². The van der Waals surface area contributed by atoms with Crippen LogP contribution in [0.1, 0.15) is 32.5 Å². The van der Waals surface area contributed by atoms with Gasteiger partial charge in [0.05, 0.1) is 16.5 Å². The molecule has 2 heterocycles. The van der Waals surface area contributed by atoms with Crippen LogP contribution >= 0.6 is 23.1 Å². The van der Waals surface area contributed by atoms with Gasteiger partial charge in [-0.3, -0.25) is 9.36 Å². The number of nitrogens with zero attached hydrogens (tertiary/aromatic N) is 4. The number of halogens is 1. The molecular formula is C18H20FN5OS2. The van der Waals surface area contributed by atoms with Gasteiger partial charge in [0.25, 0.3) is 0 Å². The molecule has 3 rings (SSSR count). The van der Waals surface area contributed by atoms with Crippen molar-refractivity contribution in [3.05, 3.63) is 41.2 Å². The quantitative estimate of drug-likeness (QED) is 0.609. The molecule has 9 heteroatoms. The minimum Gasteiger partial charge on any atom is -0.301 e. The lowest BCUT2D eigenvalue weighted by Gasteiger charge is -2.16. The molecule has 0 fully saturated rings. The molecule has 27 heavy (non-hydrogen) atoms. The molecular weight excluding hydrogens is 385 g/mol. The van der Waals surface area contributed by atoms with Crippen molar-refractivity contribution >= 4 is 34.1 Å². The first-order valence-electron chi connectivity index (χ1n) is 8.46. The van der Waals surface area contributed by atoms with Crippen LogP contribution in [0.4, 0.5) is 9.52 Å². The van der Waals surface area contributed by atoms with Gasteiger partial charge in [0.15, 0.2) is 16.1 Å². The maximum absolute atomic E-state index is 14.2. The normalized spacial score (nSPS) is 12.4. The molecule has 0 radical (unpaired) electrons. The van der Waals surface area contributed by atoms with Crippen molar-refractivity contribution in [1.29, 1.82) is 0 Å². The number of nitrogens with one attached hydrogen (secondary N) is 1. The van der Waals surface area contributed by atoms with Crippen LogP contribution in [0.2, 0.25) is 0 Å². The van der Waals surface area contributed by atoms with Crippen molar-refractivity contribution in [2.45, 2.75) is 44.1 Å². The summed E-state index contributed by atoms with van der Waals surface area (Å²) in [5.74, 6) is -0.0675. The Morgan fingerprint density at radius 2 is 2.00 bits per heavy atom. The molecule has 2 aromatic heterocycles. The Bertz CT molecular complexity index is 953. The van der Waals surface area contributed by atoms with E-state index in [1.54, 1.807) is 25.1 Å². The van der Waals surface area contributed by atoms with Crippen LogP contribution in [0.3, 0.4) is 0 Å². The van der Waals surface area contributed by atoms with Gasteiger partial charge in [0, 0.05) is 11.4 Å². The van der Waals surface area contributed by atoms with Gasteiger partial charge < -0.3 is 5.32 Å². The zero-order valence-electron chi connectivity index (χ0n) is 15.4. The molecule has 0 aliphatic rings. The van der Waals surface area contributed by atoms with Crippen LogP contribution < -0.4 is 5.32 Å². The first-order valence-corrected chi connectivity index (χ1v) is 10.2. The van der Waals surface area contributed by atoms with Gasteiger partial charge >= 0.3 is 0 Å². The van der Waals surface area contributed by atoms with Crippen molar-refractivity contribution < 1.29 is 9.18 Å². The third-order valence-electron chi connectivity index (χ3n) is 3.80. The summed E-state index contributed by atoms with van der Waals surface area (Å²) >= 11 is 2.67. The third kappa shape index (κ3) is 4.36. The number of rotatable bonds is 6. The number of anilines is 1. The lowest BCUT2D eigenvalue weighted by atomic mass is 10.2. The van der Waals surface area contributed by atoms with E-state index in [0.29, 0.717) is 21.7 Å². The summed E-state index contributed by atoms with van der Waals surface area (Å²) in [6, 6.07) is 6.48. The largest absolute Gasteiger partial charge is 0.301 e. The summed E-state index contributed by atoms with van der Waals surface area (Å²) in [6.07, 6.45) is 0. The molecule has 3 aromatic rings. The average molecular weight is 406 g/mol. The number of carbonyl (C=O) groups is 1. The lowest BCUT2D eigenvalue weighted by Crippen LogP contribution is -2.23. The van der Waals surface area contributed by atoms with E-state index in [-0.39, 0.29) is 17.8 Å². The van der Waals surface area contributed by atoms with E-state index in [2.05, 4.69) is 20.5 Å². The van der Waals surface area contributed by atoms with Crippen molar-refractivity contribution in [2.24, 2.45) is 0 Å². The second-order valence-corrected chi connectivity index (χ2v) is 8.46. The molecule has 1 atom stereocenters. The topological polar surface area (TPSA) is 72.7 Å². The summed E-state index contributed by atoms with van der Waals surface area (Å²) in [4.78, 5) is 16.7. The van der Waals surface area contributed by atoms with E-state index in [4.69, 9.17) is 0 Å². The predicted octanol–water partition coefficient (Wildman–Crippen LogP) is 4.55. The van der Waals surface area contributed by atoms with E-state index in [1.165, 1.54) is 29.2 Å². The summed E-state index contributed by atoms with van der Waals surface area (Å²) in [6.45, 7) is 7.62. The Morgan fingerprint density at radius 3 is 2.63 bits per heavy atom. The van der Waals surface area contributed by atoms with Gasteiger partial charge in [-0.05, 0) is 39.8 Å². The van der Waals surface area contributed by atoms with Gasteiger partial charge in [0.1, 0.15) is 5.82 Å². The second-order valence-electron chi connectivity index (χ2n) is 6.29.